The summed E-state index contributed by atoms with van der Waals surface area (Å²) in [4.78, 5) is 0. The smallest absolute Gasteiger partial charge is 0.0624 e. The van der Waals surface area contributed by atoms with Gasteiger partial charge < -0.3 is 5.32 Å². The summed E-state index contributed by atoms with van der Waals surface area (Å²) in [5, 5.41) is 7.94. The highest BCUT2D eigenvalue weighted by molar-refractivity contribution is 4.99. The van der Waals surface area contributed by atoms with Crippen LogP contribution in [0.5, 0.6) is 0 Å². The quantitative estimate of drug-likeness (QED) is 0.687. The number of rotatable bonds is 8. The van der Waals surface area contributed by atoms with Crippen LogP contribution in [-0.4, -0.2) is 22.9 Å². The van der Waals surface area contributed by atoms with Crippen molar-refractivity contribution in [1.82, 2.24) is 15.1 Å². The summed E-state index contributed by atoms with van der Waals surface area (Å²) < 4.78 is 2.08. The van der Waals surface area contributed by atoms with Crippen LogP contribution < -0.4 is 5.32 Å². The molecule has 1 N–H and O–H groups in total. The number of nitrogens with zero attached hydrogens (tertiary/aromatic N) is 2. The predicted molar refractivity (Wildman–Crippen MR) is 68.7 cm³/mol. The van der Waals surface area contributed by atoms with Gasteiger partial charge in [-0.3, -0.25) is 4.68 Å². The van der Waals surface area contributed by atoms with Crippen LogP contribution in [0.25, 0.3) is 0 Å². The SMILES string of the molecule is CCNCCCCc1ccn(C(C)CC)n1. The molecule has 0 fully saturated rings. The first-order valence-electron chi connectivity index (χ1n) is 6.52. The lowest BCUT2D eigenvalue weighted by atomic mass is 10.2. The van der Waals surface area contributed by atoms with E-state index in [0.29, 0.717) is 6.04 Å². The van der Waals surface area contributed by atoms with E-state index in [9.17, 15) is 0 Å². The summed E-state index contributed by atoms with van der Waals surface area (Å²) in [5.74, 6) is 0. The van der Waals surface area contributed by atoms with Crippen LogP contribution in [0.3, 0.4) is 0 Å². The third-order valence-electron chi connectivity index (χ3n) is 2.99. The number of nitrogens with one attached hydrogen (secondary N) is 1. The standard InChI is InChI=1S/C13H25N3/c1-4-12(3)16-11-9-13(15-16)8-6-7-10-14-5-2/h9,11-12,14H,4-8,10H2,1-3H3. The molecule has 1 rings (SSSR count). The van der Waals surface area contributed by atoms with Crippen molar-refractivity contribution in [3.05, 3.63) is 18.0 Å². The average molecular weight is 223 g/mol. The Morgan fingerprint density at radius 1 is 1.38 bits per heavy atom. The van der Waals surface area contributed by atoms with Crippen LogP contribution >= 0.6 is 0 Å². The Morgan fingerprint density at radius 2 is 2.19 bits per heavy atom. The van der Waals surface area contributed by atoms with Crippen LogP contribution in [0.4, 0.5) is 0 Å². The van der Waals surface area contributed by atoms with E-state index in [1.54, 1.807) is 0 Å². The van der Waals surface area contributed by atoms with E-state index in [-0.39, 0.29) is 0 Å². The first-order chi connectivity index (χ1) is 7.77. The maximum atomic E-state index is 4.60. The van der Waals surface area contributed by atoms with Gasteiger partial charge in [-0.1, -0.05) is 13.8 Å². The van der Waals surface area contributed by atoms with E-state index in [1.165, 1.54) is 18.5 Å². The molecule has 1 heterocycles. The average Bonchev–Trinajstić information content (AvgIpc) is 2.76. The molecule has 0 aliphatic rings. The number of hydrogen-bond donors (Lipinski definition) is 1. The maximum absolute atomic E-state index is 4.60. The molecule has 0 saturated heterocycles. The number of unbranched alkanes of at least 4 members (excludes halogenated alkanes) is 1. The van der Waals surface area contributed by atoms with Crippen LogP contribution in [0.2, 0.25) is 0 Å². The molecule has 0 amide bonds. The van der Waals surface area contributed by atoms with E-state index in [1.807, 2.05) is 0 Å². The second-order valence-corrected chi connectivity index (χ2v) is 4.36. The summed E-state index contributed by atoms with van der Waals surface area (Å²) in [6.07, 6.45) is 6.82. The minimum Gasteiger partial charge on any atom is -0.317 e. The van der Waals surface area contributed by atoms with Gasteiger partial charge in [0.15, 0.2) is 0 Å². The fraction of sp³-hybridized carbons (Fsp3) is 0.769. The van der Waals surface area contributed by atoms with E-state index >= 15 is 0 Å². The Hall–Kier alpha value is -0.830. The van der Waals surface area contributed by atoms with E-state index in [4.69, 9.17) is 0 Å². The molecular weight excluding hydrogens is 198 g/mol. The molecular formula is C13H25N3. The molecule has 92 valence electrons. The monoisotopic (exact) mass is 223 g/mol. The molecule has 0 aromatic carbocycles. The zero-order valence-corrected chi connectivity index (χ0v) is 10.9. The zero-order valence-electron chi connectivity index (χ0n) is 10.9. The number of aromatic nitrogens is 2. The largest absolute Gasteiger partial charge is 0.317 e. The van der Waals surface area contributed by atoms with Crippen molar-refractivity contribution < 1.29 is 0 Å². The lowest BCUT2D eigenvalue weighted by molar-refractivity contribution is 0.472. The van der Waals surface area contributed by atoms with Crippen molar-refractivity contribution in [3.63, 3.8) is 0 Å². The summed E-state index contributed by atoms with van der Waals surface area (Å²) in [7, 11) is 0. The highest BCUT2D eigenvalue weighted by atomic mass is 15.3. The van der Waals surface area contributed by atoms with Crippen LogP contribution in [0.15, 0.2) is 12.3 Å². The van der Waals surface area contributed by atoms with E-state index in [2.05, 4.69) is 48.1 Å². The number of hydrogen-bond acceptors (Lipinski definition) is 2. The predicted octanol–water partition coefficient (Wildman–Crippen LogP) is 2.79. The van der Waals surface area contributed by atoms with Gasteiger partial charge in [0, 0.05) is 12.2 Å². The van der Waals surface area contributed by atoms with E-state index in [0.717, 1.165) is 25.9 Å². The highest BCUT2D eigenvalue weighted by Gasteiger charge is 2.03. The maximum Gasteiger partial charge on any atom is 0.0624 e. The van der Waals surface area contributed by atoms with Gasteiger partial charge in [0.25, 0.3) is 0 Å². The van der Waals surface area contributed by atoms with Gasteiger partial charge in [-0.25, -0.2) is 0 Å². The fourth-order valence-electron chi connectivity index (χ4n) is 1.68. The summed E-state index contributed by atoms with van der Waals surface area (Å²) in [6, 6.07) is 2.68. The van der Waals surface area contributed by atoms with Crippen molar-refractivity contribution in [1.29, 1.82) is 0 Å². The summed E-state index contributed by atoms with van der Waals surface area (Å²) in [6.45, 7) is 8.75. The van der Waals surface area contributed by atoms with Crippen molar-refractivity contribution >= 4 is 0 Å². The van der Waals surface area contributed by atoms with Crippen molar-refractivity contribution in [2.24, 2.45) is 0 Å². The molecule has 0 bridgehead atoms. The van der Waals surface area contributed by atoms with Gasteiger partial charge in [0.1, 0.15) is 0 Å². The number of aryl methyl sites for hydroxylation is 1. The molecule has 16 heavy (non-hydrogen) atoms. The highest BCUT2D eigenvalue weighted by Crippen LogP contribution is 2.10. The molecule has 1 atom stereocenters. The van der Waals surface area contributed by atoms with Crippen LogP contribution in [0, 0.1) is 0 Å². The normalized spacial score (nSPS) is 12.9. The van der Waals surface area contributed by atoms with Crippen molar-refractivity contribution in [2.75, 3.05) is 13.1 Å². The Labute approximate surface area is 99.2 Å². The van der Waals surface area contributed by atoms with Gasteiger partial charge in [-0.2, -0.15) is 5.10 Å². The topological polar surface area (TPSA) is 29.9 Å². The summed E-state index contributed by atoms with van der Waals surface area (Å²) >= 11 is 0. The Balaban J connectivity index is 2.24. The molecule has 0 aliphatic heterocycles. The summed E-state index contributed by atoms with van der Waals surface area (Å²) in [5.41, 5.74) is 1.23. The van der Waals surface area contributed by atoms with Gasteiger partial charge in [-0.05, 0) is 51.8 Å². The lowest BCUT2D eigenvalue weighted by Crippen LogP contribution is -2.14. The molecule has 0 spiro atoms. The molecule has 3 nitrogen and oxygen atoms in total. The molecule has 0 radical (unpaired) electrons. The Morgan fingerprint density at radius 3 is 2.88 bits per heavy atom. The zero-order chi connectivity index (χ0) is 11.8. The second kappa shape index (κ2) is 7.44. The molecule has 3 heteroatoms. The van der Waals surface area contributed by atoms with E-state index < -0.39 is 0 Å². The van der Waals surface area contributed by atoms with Crippen molar-refractivity contribution in [2.45, 2.75) is 52.5 Å². The minimum atomic E-state index is 0.524. The van der Waals surface area contributed by atoms with Crippen molar-refractivity contribution in [3.8, 4) is 0 Å². The molecule has 0 aliphatic carbocycles. The molecule has 1 unspecified atom stereocenters. The first-order valence-corrected chi connectivity index (χ1v) is 6.52. The molecule has 0 saturated carbocycles. The Bertz CT molecular complexity index is 280. The van der Waals surface area contributed by atoms with Crippen LogP contribution in [-0.2, 0) is 6.42 Å². The third-order valence-corrected chi connectivity index (χ3v) is 2.99. The lowest BCUT2D eigenvalue weighted by Gasteiger charge is -2.08. The van der Waals surface area contributed by atoms with Gasteiger partial charge in [-0.15, -0.1) is 0 Å². The van der Waals surface area contributed by atoms with Crippen LogP contribution in [0.1, 0.15) is 51.8 Å². The first kappa shape index (κ1) is 13.2. The minimum absolute atomic E-state index is 0.524. The van der Waals surface area contributed by atoms with Gasteiger partial charge in [0.2, 0.25) is 0 Å². The molecule has 1 aromatic rings. The van der Waals surface area contributed by atoms with Gasteiger partial charge >= 0.3 is 0 Å². The van der Waals surface area contributed by atoms with Gasteiger partial charge in [0.05, 0.1) is 5.69 Å². The Kier molecular flexibility index (Phi) is 6.16. The third kappa shape index (κ3) is 4.35. The fourth-order valence-corrected chi connectivity index (χ4v) is 1.68. The second-order valence-electron chi connectivity index (χ2n) is 4.36. The molecule has 1 aromatic heterocycles.